The molecule has 20 heavy (non-hydrogen) atoms. The van der Waals surface area contributed by atoms with Crippen molar-refractivity contribution in [2.75, 3.05) is 18.4 Å². The standard InChI is InChI=1S/C13H14ClFN2O3/c14-9-2-4-10(5-3-9)16-11(18)13(15)6-1-7-17(8-13)12(19)20/h2-5H,1,6-8H2,(H,16,18)(H,19,20). The van der Waals surface area contributed by atoms with E-state index in [4.69, 9.17) is 16.7 Å². The number of carbonyl (C=O) groups is 2. The number of benzene rings is 1. The van der Waals surface area contributed by atoms with Crippen molar-refractivity contribution in [2.24, 2.45) is 0 Å². The third-order valence-corrected chi connectivity index (χ3v) is 3.47. The highest BCUT2D eigenvalue weighted by molar-refractivity contribution is 6.30. The van der Waals surface area contributed by atoms with Crippen LogP contribution in [0.4, 0.5) is 14.9 Å². The number of hydrogen-bond acceptors (Lipinski definition) is 2. The predicted molar refractivity (Wildman–Crippen MR) is 72.8 cm³/mol. The van der Waals surface area contributed by atoms with E-state index in [9.17, 15) is 14.0 Å². The molecule has 1 aromatic rings. The molecule has 2 amide bonds. The number of rotatable bonds is 2. The van der Waals surface area contributed by atoms with Gasteiger partial charge in [-0.25, -0.2) is 9.18 Å². The van der Waals surface area contributed by atoms with Crippen molar-refractivity contribution in [3.05, 3.63) is 29.3 Å². The third-order valence-electron chi connectivity index (χ3n) is 3.22. The lowest BCUT2D eigenvalue weighted by Gasteiger charge is -2.34. The molecule has 1 aliphatic rings. The quantitative estimate of drug-likeness (QED) is 0.882. The fraction of sp³-hybridized carbons (Fsp3) is 0.385. The lowest BCUT2D eigenvalue weighted by atomic mass is 9.94. The Bertz CT molecular complexity index is 523. The van der Waals surface area contributed by atoms with Crippen molar-refractivity contribution in [3.8, 4) is 0 Å². The third kappa shape index (κ3) is 3.19. The van der Waals surface area contributed by atoms with Crippen LogP contribution in [0.15, 0.2) is 24.3 Å². The summed E-state index contributed by atoms with van der Waals surface area (Å²) >= 11 is 5.72. The summed E-state index contributed by atoms with van der Waals surface area (Å²) < 4.78 is 14.6. The highest BCUT2D eigenvalue weighted by atomic mass is 35.5. The molecule has 1 aliphatic heterocycles. The van der Waals surface area contributed by atoms with E-state index in [1.54, 1.807) is 24.3 Å². The van der Waals surface area contributed by atoms with Crippen LogP contribution in [0.1, 0.15) is 12.8 Å². The number of piperidine rings is 1. The number of carbonyl (C=O) groups excluding carboxylic acids is 1. The number of nitrogens with zero attached hydrogens (tertiary/aromatic N) is 1. The molecule has 1 unspecified atom stereocenters. The summed E-state index contributed by atoms with van der Waals surface area (Å²) in [6, 6.07) is 6.27. The van der Waals surface area contributed by atoms with Crippen LogP contribution in [0.2, 0.25) is 5.02 Å². The number of hydrogen-bond donors (Lipinski definition) is 2. The van der Waals surface area contributed by atoms with Gasteiger partial charge in [-0.15, -0.1) is 0 Å². The van der Waals surface area contributed by atoms with Crippen LogP contribution in [0, 0.1) is 0 Å². The lowest BCUT2D eigenvalue weighted by molar-refractivity contribution is -0.130. The molecule has 1 heterocycles. The Morgan fingerprint density at radius 2 is 2.00 bits per heavy atom. The minimum Gasteiger partial charge on any atom is -0.465 e. The van der Waals surface area contributed by atoms with Gasteiger partial charge in [-0.1, -0.05) is 11.6 Å². The molecular weight excluding hydrogens is 287 g/mol. The van der Waals surface area contributed by atoms with E-state index in [2.05, 4.69) is 5.32 Å². The molecule has 2 N–H and O–H groups in total. The fourth-order valence-corrected chi connectivity index (χ4v) is 2.26. The molecule has 108 valence electrons. The normalized spacial score (nSPS) is 22.4. The highest BCUT2D eigenvalue weighted by Crippen LogP contribution is 2.27. The Morgan fingerprint density at radius 1 is 1.35 bits per heavy atom. The largest absolute Gasteiger partial charge is 0.465 e. The summed E-state index contributed by atoms with van der Waals surface area (Å²) in [6.45, 7) is -0.197. The van der Waals surface area contributed by atoms with E-state index in [0.29, 0.717) is 17.1 Å². The van der Waals surface area contributed by atoms with Crippen LogP contribution >= 0.6 is 11.6 Å². The maximum absolute atomic E-state index is 14.6. The molecule has 0 spiro atoms. The first-order valence-electron chi connectivity index (χ1n) is 6.14. The lowest BCUT2D eigenvalue weighted by Crippen LogP contribution is -2.53. The second-order valence-corrected chi connectivity index (χ2v) is 5.17. The summed E-state index contributed by atoms with van der Waals surface area (Å²) in [5.74, 6) is -0.828. The smallest absolute Gasteiger partial charge is 0.407 e. The van der Waals surface area contributed by atoms with Crippen LogP contribution in [0.25, 0.3) is 0 Å². The van der Waals surface area contributed by atoms with Crippen molar-refractivity contribution in [2.45, 2.75) is 18.5 Å². The Balaban J connectivity index is 2.07. The van der Waals surface area contributed by atoms with Crippen molar-refractivity contribution in [1.29, 1.82) is 0 Å². The van der Waals surface area contributed by atoms with Crippen LogP contribution in [-0.2, 0) is 4.79 Å². The summed E-state index contributed by atoms with van der Waals surface area (Å²) in [4.78, 5) is 23.8. The maximum atomic E-state index is 14.6. The topological polar surface area (TPSA) is 69.6 Å². The van der Waals surface area contributed by atoms with E-state index in [1.165, 1.54) is 0 Å². The van der Waals surface area contributed by atoms with Crippen molar-refractivity contribution < 1.29 is 19.1 Å². The molecule has 0 bridgehead atoms. The van der Waals surface area contributed by atoms with Gasteiger partial charge in [0.2, 0.25) is 5.67 Å². The zero-order chi connectivity index (χ0) is 14.8. The molecule has 2 rings (SSSR count). The number of anilines is 1. The number of amides is 2. The van der Waals surface area contributed by atoms with Gasteiger partial charge in [0.25, 0.3) is 5.91 Å². The average Bonchev–Trinajstić information content (AvgIpc) is 2.41. The molecular formula is C13H14ClFN2O3. The van der Waals surface area contributed by atoms with Crippen molar-refractivity contribution >= 4 is 29.3 Å². The summed E-state index contributed by atoms with van der Waals surface area (Å²) in [6.07, 6.45) is -0.890. The second kappa shape index (κ2) is 5.66. The molecule has 0 saturated carbocycles. The highest BCUT2D eigenvalue weighted by Gasteiger charge is 2.44. The van der Waals surface area contributed by atoms with Gasteiger partial charge in [0, 0.05) is 17.3 Å². The van der Waals surface area contributed by atoms with Gasteiger partial charge < -0.3 is 15.3 Å². The van der Waals surface area contributed by atoms with Crippen LogP contribution in [-0.4, -0.2) is 40.8 Å². The van der Waals surface area contributed by atoms with Gasteiger partial charge in [-0.3, -0.25) is 4.79 Å². The van der Waals surface area contributed by atoms with Crippen molar-refractivity contribution in [3.63, 3.8) is 0 Å². The van der Waals surface area contributed by atoms with E-state index < -0.39 is 24.2 Å². The van der Waals surface area contributed by atoms with Gasteiger partial charge in [-0.2, -0.15) is 0 Å². The molecule has 5 nitrogen and oxygen atoms in total. The average molecular weight is 301 g/mol. The SMILES string of the molecule is O=C(O)N1CCCC(F)(C(=O)Nc2ccc(Cl)cc2)C1. The molecule has 1 saturated heterocycles. The number of nitrogens with one attached hydrogen (secondary N) is 1. The van der Waals surface area contributed by atoms with E-state index in [1.807, 2.05) is 0 Å². The Kier molecular flexibility index (Phi) is 4.13. The summed E-state index contributed by atoms with van der Waals surface area (Å²) in [5, 5.41) is 11.8. The van der Waals surface area contributed by atoms with Crippen LogP contribution in [0.5, 0.6) is 0 Å². The minimum atomic E-state index is -2.20. The number of carboxylic acid groups (broad SMARTS) is 1. The zero-order valence-electron chi connectivity index (χ0n) is 10.6. The van der Waals surface area contributed by atoms with Gasteiger partial charge >= 0.3 is 6.09 Å². The molecule has 0 aromatic heterocycles. The van der Waals surface area contributed by atoms with E-state index >= 15 is 0 Å². The second-order valence-electron chi connectivity index (χ2n) is 4.73. The molecule has 1 atom stereocenters. The van der Waals surface area contributed by atoms with Gasteiger partial charge in [0.15, 0.2) is 0 Å². The first-order valence-corrected chi connectivity index (χ1v) is 6.52. The van der Waals surface area contributed by atoms with Gasteiger partial charge in [-0.05, 0) is 37.1 Å². The number of halogens is 2. The zero-order valence-corrected chi connectivity index (χ0v) is 11.4. The van der Waals surface area contributed by atoms with Gasteiger partial charge in [0.05, 0.1) is 6.54 Å². The Hall–Kier alpha value is -1.82. The monoisotopic (exact) mass is 300 g/mol. The number of likely N-dealkylation sites (tertiary alicyclic amines) is 1. The molecule has 1 fully saturated rings. The predicted octanol–water partition coefficient (Wildman–Crippen LogP) is 2.76. The fourth-order valence-electron chi connectivity index (χ4n) is 2.14. The number of alkyl halides is 1. The Labute approximate surface area is 120 Å². The van der Waals surface area contributed by atoms with Crippen LogP contribution < -0.4 is 5.32 Å². The summed E-state index contributed by atoms with van der Waals surface area (Å²) in [5.41, 5.74) is -1.78. The minimum absolute atomic E-state index is 0.0101. The summed E-state index contributed by atoms with van der Waals surface area (Å²) in [7, 11) is 0. The molecule has 0 radical (unpaired) electrons. The van der Waals surface area contributed by atoms with Crippen molar-refractivity contribution in [1.82, 2.24) is 4.90 Å². The van der Waals surface area contributed by atoms with E-state index in [-0.39, 0.29) is 13.0 Å². The molecule has 0 aliphatic carbocycles. The first kappa shape index (κ1) is 14.6. The van der Waals surface area contributed by atoms with Crippen LogP contribution in [0.3, 0.4) is 0 Å². The first-order chi connectivity index (χ1) is 9.40. The Morgan fingerprint density at radius 3 is 2.60 bits per heavy atom. The molecule has 1 aromatic carbocycles. The van der Waals surface area contributed by atoms with E-state index in [0.717, 1.165) is 4.90 Å². The molecule has 7 heteroatoms. The van der Waals surface area contributed by atoms with Gasteiger partial charge in [0.1, 0.15) is 0 Å². The maximum Gasteiger partial charge on any atom is 0.407 e.